The van der Waals surface area contributed by atoms with Crippen LogP contribution in [0.1, 0.15) is 53.4 Å². The maximum absolute atomic E-state index is 14.1. The standard InChI is InChI=1S/C31H34O6/c1-11-14-7-19(14)29(4)17(11)10-18-12(2)28(35)37-31(18)21(29)9-16-15-8-20(15)30(5)23(16)24(31)22(25(32)26(30)33)13(3)27(34)36-6/h14-15,17,19-21,24,26,33H,1,7-10H2,2-6H3. The Hall–Kier alpha value is -2.47. The summed E-state index contributed by atoms with van der Waals surface area (Å²) in [6.07, 6.45) is 2.43. The van der Waals surface area contributed by atoms with E-state index in [4.69, 9.17) is 9.47 Å². The number of ether oxygens (including phenoxy) is 2. The summed E-state index contributed by atoms with van der Waals surface area (Å²) in [5.74, 6) is 0.0426. The quantitative estimate of drug-likeness (QED) is 0.333. The first-order chi connectivity index (χ1) is 17.4. The van der Waals surface area contributed by atoms with Crippen LogP contribution in [-0.2, 0) is 23.9 Å². The lowest BCUT2D eigenvalue weighted by atomic mass is 9.42. The molecule has 0 aromatic heterocycles. The molecule has 1 aliphatic heterocycles. The summed E-state index contributed by atoms with van der Waals surface area (Å²) in [5.41, 5.74) is 4.08. The van der Waals surface area contributed by atoms with Crippen LogP contribution >= 0.6 is 0 Å². The molecular weight excluding hydrogens is 468 g/mol. The maximum Gasteiger partial charge on any atom is 0.334 e. The molecular formula is C31H34O6. The van der Waals surface area contributed by atoms with Crippen molar-refractivity contribution >= 4 is 17.7 Å². The molecule has 11 unspecified atom stereocenters. The zero-order valence-electron chi connectivity index (χ0n) is 22.1. The van der Waals surface area contributed by atoms with Gasteiger partial charge in [0.15, 0.2) is 5.78 Å². The average Bonchev–Trinajstić information content (AvgIpc) is 3.77. The van der Waals surface area contributed by atoms with Crippen molar-refractivity contribution in [2.24, 2.45) is 52.3 Å². The van der Waals surface area contributed by atoms with E-state index in [2.05, 4.69) is 13.5 Å². The molecule has 5 fully saturated rings. The topological polar surface area (TPSA) is 89.9 Å². The lowest BCUT2D eigenvalue weighted by Gasteiger charge is -2.62. The van der Waals surface area contributed by atoms with Crippen LogP contribution in [0.15, 0.2) is 45.6 Å². The van der Waals surface area contributed by atoms with Crippen LogP contribution in [0.5, 0.6) is 0 Å². The Morgan fingerprint density at radius 3 is 2.54 bits per heavy atom. The van der Waals surface area contributed by atoms with Gasteiger partial charge >= 0.3 is 11.9 Å². The van der Waals surface area contributed by atoms with Crippen LogP contribution in [0.2, 0.25) is 0 Å². The van der Waals surface area contributed by atoms with Crippen LogP contribution in [0.3, 0.4) is 0 Å². The lowest BCUT2D eigenvalue weighted by Crippen LogP contribution is -2.65. The van der Waals surface area contributed by atoms with E-state index in [0.29, 0.717) is 35.3 Å². The van der Waals surface area contributed by atoms with Gasteiger partial charge in [-0.05, 0) is 85.7 Å². The molecule has 1 heterocycles. The van der Waals surface area contributed by atoms with E-state index in [9.17, 15) is 19.5 Å². The second-order valence-electron chi connectivity index (χ2n) is 13.6. The van der Waals surface area contributed by atoms with E-state index < -0.39 is 34.8 Å². The van der Waals surface area contributed by atoms with E-state index in [1.807, 2.05) is 13.8 Å². The van der Waals surface area contributed by atoms with E-state index in [1.54, 1.807) is 6.92 Å². The number of fused-ring (bicyclic) bond motifs is 7. The molecule has 5 saturated carbocycles. The number of methoxy groups -OCH3 is 1. The zero-order valence-corrected chi connectivity index (χ0v) is 22.1. The molecule has 1 N–H and O–H groups in total. The minimum absolute atomic E-state index is 0.000222. The van der Waals surface area contributed by atoms with E-state index >= 15 is 0 Å². The molecule has 0 radical (unpaired) electrons. The molecule has 6 nitrogen and oxygen atoms in total. The van der Waals surface area contributed by atoms with E-state index in [1.165, 1.54) is 18.3 Å². The highest BCUT2D eigenvalue weighted by Gasteiger charge is 2.80. The van der Waals surface area contributed by atoms with Gasteiger partial charge in [0, 0.05) is 28.1 Å². The minimum Gasteiger partial charge on any atom is -0.466 e. The Labute approximate surface area is 216 Å². The fourth-order valence-corrected chi connectivity index (χ4v) is 11.0. The van der Waals surface area contributed by atoms with Gasteiger partial charge in [0.2, 0.25) is 0 Å². The minimum atomic E-state index is -1.22. The molecule has 1 spiro atoms. The van der Waals surface area contributed by atoms with Crippen molar-refractivity contribution in [2.45, 2.75) is 65.1 Å². The zero-order chi connectivity index (χ0) is 26.1. The van der Waals surface area contributed by atoms with Crippen LogP contribution in [-0.4, -0.2) is 41.6 Å². The molecule has 7 aliphatic carbocycles. The Balaban J connectivity index is 1.47. The third-order valence-electron chi connectivity index (χ3n) is 12.8. The summed E-state index contributed by atoms with van der Waals surface area (Å²) in [4.78, 5) is 40.5. The predicted octanol–water partition coefficient (Wildman–Crippen LogP) is 3.85. The van der Waals surface area contributed by atoms with Crippen molar-refractivity contribution in [3.05, 3.63) is 45.6 Å². The number of aliphatic hydroxyl groups excluding tert-OH is 1. The summed E-state index contributed by atoms with van der Waals surface area (Å²) in [7, 11) is 1.31. The van der Waals surface area contributed by atoms with Gasteiger partial charge in [-0.15, -0.1) is 0 Å². The number of rotatable bonds is 1. The maximum atomic E-state index is 14.1. The van der Waals surface area contributed by atoms with E-state index in [0.717, 1.165) is 30.4 Å². The molecule has 194 valence electrons. The monoisotopic (exact) mass is 502 g/mol. The first kappa shape index (κ1) is 22.5. The molecule has 0 aromatic carbocycles. The lowest BCUT2D eigenvalue weighted by molar-refractivity contribution is -0.175. The SMILES string of the molecule is C=C1C2CC2C2(C)C1CC1=C(C)C(=O)OC13C1C(=C(C)C(=O)OC)C(=O)C(O)C4(C)C1=C(CC32)C1CC14. The number of hydrogen-bond acceptors (Lipinski definition) is 6. The predicted molar refractivity (Wildman–Crippen MR) is 133 cm³/mol. The van der Waals surface area contributed by atoms with Crippen LogP contribution in [0.25, 0.3) is 0 Å². The Morgan fingerprint density at radius 2 is 1.84 bits per heavy atom. The molecule has 0 bridgehead atoms. The number of ketones is 1. The van der Waals surface area contributed by atoms with Gasteiger partial charge in [0.05, 0.1) is 13.0 Å². The normalized spacial score (nSPS) is 53.1. The molecule has 6 heteroatoms. The highest BCUT2D eigenvalue weighted by atomic mass is 16.6. The first-order valence-electron chi connectivity index (χ1n) is 13.8. The molecule has 37 heavy (non-hydrogen) atoms. The number of allylic oxidation sites excluding steroid dienone is 2. The van der Waals surface area contributed by atoms with Crippen molar-refractivity contribution < 1.29 is 29.0 Å². The highest BCUT2D eigenvalue weighted by Crippen LogP contribution is 2.82. The van der Waals surface area contributed by atoms with Crippen molar-refractivity contribution in [2.75, 3.05) is 7.11 Å². The molecule has 8 rings (SSSR count). The van der Waals surface area contributed by atoms with Crippen molar-refractivity contribution in [3.63, 3.8) is 0 Å². The van der Waals surface area contributed by atoms with Gasteiger partial charge in [-0.1, -0.05) is 31.6 Å². The van der Waals surface area contributed by atoms with Gasteiger partial charge in [0.1, 0.15) is 11.7 Å². The van der Waals surface area contributed by atoms with E-state index in [-0.39, 0.29) is 34.7 Å². The van der Waals surface area contributed by atoms with Crippen LogP contribution < -0.4 is 0 Å². The third kappa shape index (κ3) is 2.08. The van der Waals surface area contributed by atoms with Crippen LogP contribution in [0, 0.1) is 52.3 Å². The van der Waals surface area contributed by atoms with Gasteiger partial charge in [-0.25, -0.2) is 9.59 Å². The number of esters is 2. The molecule has 0 amide bonds. The fourth-order valence-electron chi connectivity index (χ4n) is 11.0. The number of hydrogen-bond donors (Lipinski definition) is 1. The third-order valence-corrected chi connectivity index (χ3v) is 12.8. The largest absolute Gasteiger partial charge is 0.466 e. The number of carbonyl (C=O) groups is 3. The smallest absolute Gasteiger partial charge is 0.334 e. The molecule has 0 aromatic rings. The number of Topliss-reactive ketones (excluding diaryl/α,β-unsaturated/α-hetero) is 1. The van der Waals surface area contributed by atoms with Crippen molar-refractivity contribution in [1.82, 2.24) is 0 Å². The Bertz CT molecular complexity index is 1390. The summed E-state index contributed by atoms with van der Waals surface area (Å²) in [5, 5.41) is 11.6. The van der Waals surface area contributed by atoms with Gasteiger partial charge in [-0.3, -0.25) is 4.79 Å². The Morgan fingerprint density at radius 1 is 1.14 bits per heavy atom. The van der Waals surface area contributed by atoms with Gasteiger partial charge < -0.3 is 14.6 Å². The molecule has 8 aliphatic rings. The summed E-state index contributed by atoms with van der Waals surface area (Å²) in [6, 6.07) is 0. The first-order valence-corrected chi connectivity index (χ1v) is 13.8. The summed E-state index contributed by atoms with van der Waals surface area (Å²) in [6.45, 7) is 12.4. The Kier molecular flexibility index (Phi) is 3.78. The molecule has 0 saturated heterocycles. The average molecular weight is 503 g/mol. The second-order valence-corrected chi connectivity index (χ2v) is 13.6. The molecule has 11 atom stereocenters. The number of carbonyl (C=O) groups excluding carboxylic acids is 3. The van der Waals surface area contributed by atoms with Crippen molar-refractivity contribution in [1.29, 1.82) is 0 Å². The van der Waals surface area contributed by atoms with Gasteiger partial charge in [-0.2, -0.15) is 0 Å². The fraction of sp³-hybridized carbons (Fsp3) is 0.645. The second kappa shape index (κ2) is 6.22. The van der Waals surface area contributed by atoms with Crippen molar-refractivity contribution in [3.8, 4) is 0 Å². The summed E-state index contributed by atoms with van der Waals surface area (Å²) < 4.78 is 11.7. The number of aliphatic hydroxyl groups is 1. The van der Waals surface area contributed by atoms with Crippen LogP contribution in [0.4, 0.5) is 0 Å². The highest BCUT2D eigenvalue weighted by molar-refractivity contribution is 6.09. The summed E-state index contributed by atoms with van der Waals surface area (Å²) >= 11 is 0. The van der Waals surface area contributed by atoms with Gasteiger partial charge in [0.25, 0.3) is 0 Å².